The van der Waals surface area contributed by atoms with Gasteiger partial charge in [-0.3, -0.25) is 9.59 Å². The molecule has 1 fully saturated rings. The smallest absolute Gasteiger partial charge is 0.223 e. The number of carbonyl (C=O) groups excluding carboxylic acids is 2. The van der Waals surface area contributed by atoms with Crippen molar-refractivity contribution in [1.82, 2.24) is 10.6 Å². The van der Waals surface area contributed by atoms with E-state index in [1.165, 1.54) is 0 Å². The monoisotopic (exact) mass is 358 g/mol. The Hall–Kier alpha value is -1.46. The minimum Gasteiger partial charge on any atom is -0.492 e. The van der Waals surface area contributed by atoms with Crippen molar-refractivity contribution in [3.8, 4) is 5.75 Å². The summed E-state index contributed by atoms with van der Waals surface area (Å²) < 4.78 is 5.50. The molecule has 0 aromatic heterocycles. The summed E-state index contributed by atoms with van der Waals surface area (Å²) in [6.45, 7) is 1.31. The molecule has 1 aromatic rings. The summed E-state index contributed by atoms with van der Waals surface area (Å²) >= 11 is 11.8. The van der Waals surface area contributed by atoms with Crippen LogP contribution >= 0.6 is 23.2 Å². The van der Waals surface area contributed by atoms with Crippen molar-refractivity contribution in [1.29, 1.82) is 0 Å². The highest BCUT2D eigenvalue weighted by molar-refractivity contribution is 6.35. The third kappa shape index (κ3) is 6.67. The number of carbonyl (C=O) groups is 2. The zero-order valence-electron chi connectivity index (χ0n) is 12.7. The van der Waals surface area contributed by atoms with Crippen LogP contribution in [0.4, 0.5) is 0 Å². The highest BCUT2D eigenvalue weighted by atomic mass is 35.5. The van der Waals surface area contributed by atoms with Crippen molar-refractivity contribution in [3.63, 3.8) is 0 Å². The molecule has 2 amide bonds. The van der Waals surface area contributed by atoms with Gasteiger partial charge in [-0.15, -0.1) is 0 Å². The Bertz CT molecular complexity index is 562. The van der Waals surface area contributed by atoms with Crippen LogP contribution in [0, 0.1) is 5.92 Å². The Morgan fingerprint density at radius 2 is 1.91 bits per heavy atom. The van der Waals surface area contributed by atoms with Crippen LogP contribution in [-0.2, 0) is 9.59 Å². The van der Waals surface area contributed by atoms with Crippen molar-refractivity contribution in [2.24, 2.45) is 5.92 Å². The van der Waals surface area contributed by atoms with Crippen LogP contribution in [-0.4, -0.2) is 31.5 Å². The third-order valence-electron chi connectivity index (χ3n) is 3.39. The van der Waals surface area contributed by atoms with Gasteiger partial charge in [-0.05, 0) is 37.5 Å². The van der Waals surface area contributed by atoms with Crippen LogP contribution in [0.25, 0.3) is 0 Å². The summed E-state index contributed by atoms with van der Waals surface area (Å²) in [5.74, 6) is 0.783. The van der Waals surface area contributed by atoms with Gasteiger partial charge in [0.2, 0.25) is 11.8 Å². The average molecular weight is 359 g/mol. The molecule has 0 radical (unpaired) electrons. The molecule has 0 atom stereocenters. The first-order valence-electron chi connectivity index (χ1n) is 7.68. The van der Waals surface area contributed by atoms with Crippen molar-refractivity contribution < 1.29 is 14.3 Å². The minimum atomic E-state index is -0.0588. The molecule has 5 nitrogen and oxygen atoms in total. The zero-order valence-corrected chi connectivity index (χ0v) is 14.3. The predicted molar refractivity (Wildman–Crippen MR) is 89.9 cm³/mol. The first-order valence-corrected chi connectivity index (χ1v) is 8.44. The van der Waals surface area contributed by atoms with Crippen molar-refractivity contribution >= 4 is 35.0 Å². The van der Waals surface area contributed by atoms with Gasteiger partial charge < -0.3 is 15.4 Å². The first kappa shape index (κ1) is 17.9. The Balaban J connectivity index is 1.51. The van der Waals surface area contributed by atoms with Gasteiger partial charge in [-0.1, -0.05) is 23.2 Å². The maximum Gasteiger partial charge on any atom is 0.223 e. The summed E-state index contributed by atoms with van der Waals surface area (Å²) in [4.78, 5) is 23.0. The lowest BCUT2D eigenvalue weighted by atomic mass is 10.3. The van der Waals surface area contributed by atoms with Crippen LogP contribution in [0.5, 0.6) is 5.75 Å². The lowest BCUT2D eigenvalue weighted by Gasteiger charge is -2.09. The summed E-state index contributed by atoms with van der Waals surface area (Å²) in [6.07, 6.45) is 2.91. The van der Waals surface area contributed by atoms with Gasteiger partial charge in [0.25, 0.3) is 0 Å². The molecule has 0 aliphatic heterocycles. The van der Waals surface area contributed by atoms with Crippen molar-refractivity contribution in [2.45, 2.75) is 25.7 Å². The molecule has 1 aliphatic rings. The highest BCUT2D eigenvalue weighted by Gasteiger charge is 2.28. The molecule has 0 unspecified atom stereocenters. The van der Waals surface area contributed by atoms with Crippen LogP contribution < -0.4 is 15.4 Å². The van der Waals surface area contributed by atoms with Crippen LogP contribution in [0.2, 0.25) is 10.0 Å². The minimum absolute atomic E-state index is 0.0588. The fraction of sp³-hybridized carbons (Fsp3) is 0.500. The number of hydrogen-bond acceptors (Lipinski definition) is 3. The van der Waals surface area contributed by atoms with Gasteiger partial charge in [0.05, 0.1) is 11.6 Å². The molecule has 0 heterocycles. The molecular formula is C16H20Cl2N2O3. The fourth-order valence-electron chi connectivity index (χ4n) is 1.97. The second-order valence-electron chi connectivity index (χ2n) is 5.44. The Kier molecular flexibility index (Phi) is 6.99. The molecule has 0 spiro atoms. The Morgan fingerprint density at radius 3 is 2.61 bits per heavy atom. The maximum atomic E-state index is 11.6. The lowest BCUT2D eigenvalue weighted by molar-refractivity contribution is -0.123. The van der Waals surface area contributed by atoms with E-state index in [4.69, 9.17) is 27.9 Å². The highest BCUT2D eigenvalue weighted by Crippen LogP contribution is 2.28. The van der Waals surface area contributed by atoms with Gasteiger partial charge in [0.1, 0.15) is 5.75 Å². The second-order valence-corrected chi connectivity index (χ2v) is 6.29. The molecule has 0 bridgehead atoms. The number of ether oxygens (including phenoxy) is 1. The van der Waals surface area contributed by atoms with Gasteiger partial charge in [0, 0.05) is 30.5 Å². The molecule has 23 heavy (non-hydrogen) atoms. The van der Waals surface area contributed by atoms with Gasteiger partial charge in [0.15, 0.2) is 0 Å². The lowest BCUT2D eigenvalue weighted by Crippen LogP contribution is -2.35. The molecule has 126 valence electrons. The SMILES string of the molecule is O=C(CCCOc1ccc(Cl)cc1Cl)NCCNC(=O)C1CC1. The van der Waals surface area contributed by atoms with Crippen LogP contribution in [0.15, 0.2) is 18.2 Å². The first-order chi connectivity index (χ1) is 11.1. The standard InChI is InChI=1S/C16H20Cl2N2O3/c17-12-5-6-14(13(18)10-12)23-9-1-2-15(21)19-7-8-20-16(22)11-3-4-11/h5-6,10-11H,1-4,7-9H2,(H,19,21)(H,20,22). The summed E-state index contributed by atoms with van der Waals surface area (Å²) in [6, 6.07) is 5.01. The molecular weight excluding hydrogens is 339 g/mol. The average Bonchev–Trinajstić information content (AvgIpc) is 3.34. The number of nitrogens with one attached hydrogen (secondary N) is 2. The summed E-state index contributed by atoms with van der Waals surface area (Å²) in [7, 11) is 0. The fourth-order valence-corrected chi connectivity index (χ4v) is 2.44. The number of halogens is 2. The van der Waals surface area contributed by atoms with E-state index in [0.29, 0.717) is 48.3 Å². The zero-order chi connectivity index (χ0) is 16.7. The second kappa shape index (κ2) is 8.99. The van der Waals surface area contributed by atoms with E-state index in [1.807, 2.05) is 0 Å². The van der Waals surface area contributed by atoms with Crippen LogP contribution in [0.1, 0.15) is 25.7 Å². The van der Waals surface area contributed by atoms with Gasteiger partial charge >= 0.3 is 0 Å². The number of rotatable bonds is 9. The predicted octanol–water partition coefficient (Wildman–Crippen LogP) is 2.79. The van der Waals surface area contributed by atoms with Crippen molar-refractivity contribution in [3.05, 3.63) is 28.2 Å². The van der Waals surface area contributed by atoms with Crippen LogP contribution in [0.3, 0.4) is 0 Å². The third-order valence-corrected chi connectivity index (χ3v) is 3.92. The maximum absolute atomic E-state index is 11.6. The van der Waals surface area contributed by atoms with E-state index in [1.54, 1.807) is 18.2 Å². The van der Waals surface area contributed by atoms with E-state index < -0.39 is 0 Å². The molecule has 2 rings (SSSR count). The summed E-state index contributed by atoms with van der Waals surface area (Å²) in [5.41, 5.74) is 0. The molecule has 1 aliphatic carbocycles. The molecule has 7 heteroatoms. The van der Waals surface area contributed by atoms with E-state index in [-0.39, 0.29) is 17.7 Å². The Morgan fingerprint density at radius 1 is 1.17 bits per heavy atom. The van der Waals surface area contributed by atoms with Gasteiger partial charge in [-0.25, -0.2) is 0 Å². The normalized spacial score (nSPS) is 13.5. The quantitative estimate of drug-likeness (QED) is 0.667. The molecule has 2 N–H and O–H groups in total. The largest absolute Gasteiger partial charge is 0.492 e. The number of benzene rings is 1. The number of hydrogen-bond donors (Lipinski definition) is 2. The van der Waals surface area contributed by atoms with E-state index in [0.717, 1.165) is 12.8 Å². The topological polar surface area (TPSA) is 67.4 Å². The number of amides is 2. The molecule has 0 saturated heterocycles. The van der Waals surface area contributed by atoms with Gasteiger partial charge in [-0.2, -0.15) is 0 Å². The molecule has 1 saturated carbocycles. The van der Waals surface area contributed by atoms with E-state index >= 15 is 0 Å². The van der Waals surface area contributed by atoms with Crippen molar-refractivity contribution in [2.75, 3.05) is 19.7 Å². The van der Waals surface area contributed by atoms with E-state index in [9.17, 15) is 9.59 Å². The molecule has 1 aromatic carbocycles. The Labute approximate surface area is 145 Å². The summed E-state index contributed by atoms with van der Waals surface area (Å²) in [5, 5.41) is 6.56. The van der Waals surface area contributed by atoms with E-state index in [2.05, 4.69) is 10.6 Å².